The Morgan fingerprint density at radius 1 is 1.47 bits per heavy atom. The molecule has 1 rings (SSSR count). The molecular formula is C15H28N2S2. The highest BCUT2D eigenvalue weighted by Crippen LogP contribution is 2.23. The van der Waals surface area contributed by atoms with Crippen LogP contribution in [0.4, 0.5) is 0 Å². The van der Waals surface area contributed by atoms with Crippen LogP contribution in [0.15, 0.2) is 6.07 Å². The summed E-state index contributed by atoms with van der Waals surface area (Å²) < 4.78 is 0. The quantitative estimate of drug-likeness (QED) is 0.699. The largest absolute Gasteiger partial charge is 0.312 e. The van der Waals surface area contributed by atoms with Crippen molar-refractivity contribution in [2.45, 2.75) is 46.3 Å². The fourth-order valence-electron chi connectivity index (χ4n) is 2.01. The molecule has 0 aliphatic carbocycles. The van der Waals surface area contributed by atoms with Gasteiger partial charge < -0.3 is 5.32 Å². The van der Waals surface area contributed by atoms with Gasteiger partial charge in [-0.1, -0.05) is 6.92 Å². The first-order valence-corrected chi connectivity index (χ1v) is 9.27. The Hall–Kier alpha value is -0.0300. The Labute approximate surface area is 127 Å². The summed E-state index contributed by atoms with van der Waals surface area (Å²) >= 11 is 3.86. The third kappa shape index (κ3) is 5.86. The average molecular weight is 301 g/mol. The molecule has 0 aromatic carbocycles. The Kier molecular flexibility index (Phi) is 8.07. The van der Waals surface area contributed by atoms with E-state index in [2.05, 4.69) is 50.4 Å². The van der Waals surface area contributed by atoms with Crippen LogP contribution in [0.5, 0.6) is 0 Å². The minimum Gasteiger partial charge on any atom is -0.312 e. The van der Waals surface area contributed by atoms with E-state index in [1.165, 1.54) is 27.5 Å². The molecule has 1 N–H and O–H groups in total. The molecule has 4 heteroatoms. The topological polar surface area (TPSA) is 15.3 Å². The summed E-state index contributed by atoms with van der Waals surface area (Å²) in [4.78, 5) is 5.39. The number of rotatable bonds is 9. The molecule has 19 heavy (non-hydrogen) atoms. The van der Waals surface area contributed by atoms with Gasteiger partial charge in [0.15, 0.2) is 0 Å². The van der Waals surface area contributed by atoms with Gasteiger partial charge >= 0.3 is 0 Å². The molecule has 1 unspecified atom stereocenters. The predicted octanol–water partition coefficient (Wildman–Crippen LogP) is 3.74. The van der Waals surface area contributed by atoms with Crippen LogP contribution >= 0.6 is 23.1 Å². The maximum Gasteiger partial charge on any atom is 0.0299 e. The van der Waals surface area contributed by atoms with E-state index in [1.807, 2.05) is 23.1 Å². The molecule has 0 aliphatic rings. The van der Waals surface area contributed by atoms with Gasteiger partial charge in [0.1, 0.15) is 0 Å². The van der Waals surface area contributed by atoms with Crippen LogP contribution in [-0.4, -0.2) is 36.5 Å². The van der Waals surface area contributed by atoms with Gasteiger partial charge in [0.25, 0.3) is 0 Å². The molecule has 2 nitrogen and oxygen atoms in total. The van der Waals surface area contributed by atoms with Gasteiger partial charge in [-0.15, -0.1) is 11.3 Å². The second kappa shape index (κ2) is 9.01. The van der Waals surface area contributed by atoms with Gasteiger partial charge in [-0.25, -0.2) is 0 Å². The number of nitrogens with one attached hydrogen (secondary N) is 1. The summed E-state index contributed by atoms with van der Waals surface area (Å²) in [6, 6.07) is 3.02. The lowest BCUT2D eigenvalue weighted by Gasteiger charge is -2.23. The fraction of sp³-hybridized carbons (Fsp3) is 0.733. The molecule has 0 aliphatic heterocycles. The summed E-state index contributed by atoms with van der Waals surface area (Å²) in [7, 11) is 2.23. The smallest absolute Gasteiger partial charge is 0.0299 e. The minimum atomic E-state index is 0.635. The highest BCUT2D eigenvalue weighted by Gasteiger charge is 2.12. The molecule has 0 amide bonds. The van der Waals surface area contributed by atoms with Gasteiger partial charge in [0.2, 0.25) is 0 Å². The summed E-state index contributed by atoms with van der Waals surface area (Å²) in [5, 5.41) is 3.48. The fourth-order valence-corrected chi connectivity index (χ4v) is 3.77. The molecule has 1 atom stereocenters. The van der Waals surface area contributed by atoms with Gasteiger partial charge in [0, 0.05) is 34.6 Å². The molecule has 110 valence electrons. The van der Waals surface area contributed by atoms with E-state index in [9.17, 15) is 0 Å². The van der Waals surface area contributed by atoms with Crippen molar-refractivity contribution in [3.63, 3.8) is 0 Å². The van der Waals surface area contributed by atoms with Crippen LogP contribution in [0.2, 0.25) is 0 Å². The van der Waals surface area contributed by atoms with Crippen LogP contribution in [0.3, 0.4) is 0 Å². The van der Waals surface area contributed by atoms with E-state index < -0.39 is 0 Å². The minimum absolute atomic E-state index is 0.635. The zero-order valence-electron chi connectivity index (χ0n) is 13.0. The first-order valence-electron chi connectivity index (χ1n) is 7.06. The summed E-state index contributed by atoms with van der Waals surface area (Å²) in [5.74, 6) is 1.20. The van der Waals surface area contributed by atoms with E-state index in [0.717, 1.165) is 19.6 Å². The SMILES string of the molecule is CCCNCc1cc(CN(C)C(C)CSC)c(C)s1. The van der Waals surface area contributed by atoms with Gasteiger partial charge in [-0.3, -0.25) is 4.90 Å². The standard InChI is InChI=1S/C15H28N2S2/c1-6-7-16-9-15-8-14(13(3)19-15)10-17(4)12(2)11-18-5/h8,12,16H,6-7,9-11H2,1-5H3. The van der Waals surface area contributed by atoms with Crippen molar-refractivity contribution in [2.75, 3.05) is 25.6 Å². The Bertz CT molecular complexity index is 363. The molecule has 0 spiro atoms. The lowest BCUT2D eigenvalue weighted by atomic mass is 10.2. The third-order valence-corrected chi connectivity index (χ3v) is 5.29. The maximum absolute atomic E-state index is 3.48. The number of hydrogen-bond acceptors (Lipinski definition) is 4. The van der Waals surface area contributed by atoms with Crippen LogP contribution in [0.25, 0.3) is 0 Å². The summed E-state index contributed by atoms with van der Waals surface area (Å²) in [6.07, 6.45) is 3.38. The lowest BCUT2D eigenvalue weighted by molar-refractivity contribution is 0.269. The van der Waals surface area contributed by atoms with Crippen LogP contribution in [-0.2, 0) is 13.1 Å². The zero-order valence-corrected chi connectivity index (χ0v) is 14.6. The number of nitrogens with zero attached hydrogens (tertiary/aromatic N) is 1. The Balaban J connectivity index is 2.53. The Morgan fingerprint density at radius 3 is 2.84 bits per heavy atom. The van der Waals surface area contributed by atoms with E-state index in [0.29, 0.717) is 6.04 Å². The lowest BCUT2D eigenvalue weighted by Crippen LogP contribution is -2.30. The molecule has 0 saturated carbocycles. The van der Waals surface area contributed by atoms with E-state index in [4.69, 9.17) is 0 Å². The Morgan fingerprint density at radius 2 is 2.21 bits per heavy atom. The molecule has 0 saturated heterocycles. The molecule has 1 aromatic rings. The van der Waals surface area contributed by atoms with Crippen molar-refractivity contribution in [3.05, 3.63) is 21.4 Å². The number of aryl methyl sites for hydroxylation is 1. The number of thioether (sulfide) groups is 1. The first kappa shape index (κ1) is 17.0. The highest BCUT2D eigenvalue weighted by molar-refractivity contribution is 7.98. The van der Waals surface area contributed by atoms with E-state index >= 15 is 0 Å². The van der Waals surface area contributed by atoms with Crippen LogP contribution in [0, 0.1) is 6.92 Å². The van der Waals surface area contributed by atoms with Gasteiger partial charge in [0.05, 0.1) is 0 Å². The zero-order chi connectivity index (χ0) is 14.3. The predicted molar refractivity (Wildman–Crippen MR) is 90.4 cm³/mol. The van der Waals surface area contributed by atoms with Crippen molar-refractivity contribution >= 4 is 23.1 Å². The van der Waals surface area contributed by atoms with Crippen LogP contribution in [0.1, 0.15) is 35.6 Å². The molecule has 1 heterocycles. The molecule has 0 fully saturated rings. The highest BCUT2D eigenvalue weighted by atomic mass is 32.2. The van der Waals surface area contributed by atoms with E-state index in [-0.39, 0.29) is 0 Å². The number of thiophene rings is 1. The number of hydrogen-bond donors (Lipinski definition) is 1. The first-order chi connectivity index (χ1) is 9.08. The normalized spacial score (nSPS) is 13.2. The van der Waals surface area contributed by atoms with Crippen molar-refractivity contribution in [1.29, 1.82) is 0 Å². The third-order valence-electron chi connectivity index (χ3n) is 3.38. The second-order valence-electron chi connectivity index (χ2n) is 5.19. The molecule has 0 bridgehead atoms. The molecular weight excluding hydrogens is 272 g/mol. The summed E-state index contributed by atoms with van der Waals surface area (Å²) in [5.41, 5.74) is 1.49. The molecule has 1 aromatic heterocycles. The monoisotopic (exact) mass is 300 g/mol. The average Bonchev–Trinajstić information content (AvgIpc) is 2.70. The second-order valence-corrected chi connectivity index (χ2v) is 7.44. The van der Waals surface area contributed by atoms with E-state index in [1.54, 1.807) is 0 Å². The maximum atomic E-state index is 3.48. The van der Waals surface area contributed by atoms with Crippen molar-refractivity contribution in [3.8, 4) is 0 Å². The molecule has 0 radical (unpaired) electrons. The summed E-state index contributed by atoms with van der Waals surface area (Å²) in [6.45, 7) is 9.96. The van der Waals surface area contributed by atoms with Crippen molar-refractivity contribution in [2.24, 2.45) is 0 Å². The van der Waals surface area contributed by atoms with Crippen molar-refractivity contribution in [1.82, 2.24) is 10.2 Å². The van der Waals surface area contributed by atoms with Crippen molar-refractivity contribution < 1.29 is 0 Å². The van der Waals surface area contributed by atoms with Gasteiger partial charge in [-0.2, -0.15) is 11.8 Å². The van der Waals surface area contributed by atoms with Gasteiger partial charge in [-0.05, 0) is 51.7 Å². The van der Waals surface area contributed by atoms with Crippen LogP contribution < -0.4 is 5.32 Å².